The van der Waals surface area contributed by atoms with Gasteiger partial charge in [-0.05, 0) is 24.3 Å². The Balaban J connectivity index is 1.45. The maximum Gasteiger partial charge on any atom is 0.271 e. The van der Waals surface area contributed by atoms with Crippen LogP contribution in [0.1, 0.15) is 41.8 Å². The Morgan fingerprint density at radius 2 is 2.14 bits per heavy atom. The molecular weight excluding hydrogens is 360 g/mol. The van der Waals surface area contributed by atoms with Crippen molar-refractivity contribution in [1.82, 2.24) is 30.0 Å². The van der Waals surface area contributed by atoms with Crippen LogP contribution >= 0.6 is 0 Å². The lowest BCUT2D eigenvalue weighted by atomic mass is 10.2. The Kier molecular flexibility index (Phi) is 4.71. The second kappa shape index (κ2) is 7.47. The molecule has 4 aromatic heterocycles. The monoisotopic (exact) mass is 378 g/mol. The molecule has 0 aromatic carbocycles. The molecule has 4 heterocycles. The number of carbonyl (C=O) groups is 1. The van der Waals surface area contributed by atoms with Crippen molar-refractivity contribution < 1.29 is 13.7 Å². The van der Waals surface area contributed by atoms with Crippen molar-refractivity contribution in [2.45, 2.75) is 26.3 Å². The first-order chi connectivity index (χ1) is 13.6. The van der Waals surface area contributed by atoms with Gasteiger partial charge in [-0.25, -0.2) is 9.97 Å². The summed E-state index contributed by atoms with van der Waals surface area (Å²) in [4.78, 5) is 25.1. The van der Waals surface area contributed by atoms with E-state index in [1.165, 1.54) is 6.33 Å². The van der Waals surface area contributed by atoms with Gasteiger partial charge in [0.25, 0.3) is 11.8 Å². The smallest absolute Gasteiger partial charge is 0.271 e. The van der Waals surface area contributed by atoms with Crippen molar-refractivity contribution in [1.29, 1.82) is 0 Å². The van der Waals surface area contributed by atoms with Crippen LogP contribution in [0.4, 0.5) is 0 Å². The minimum Gasteiger partial charge on any atom is -0.467 e. The van der Waals surface area contributed by atoms with Gasteiger partial charge in [-0.15, -0.1) is 0 Å². The van der Waals surface area contributed by atoms with Gasteiger partial charge in [0.15, 0.2) is 5.82 Å². The Labute approximate surface area is 160 Å². The van der Waals surface area contributed by atoms with Crippen LogP contribution in [0.15, 0.2) is 58.2 Å². The summed E-state index contributed by atoms with van der Waals surface area (Å²) in [5.74, 6) is 2.26. The molecule has 0 aliphatic carbocycles. The summed E-state index contributed by atoms with van der Waals surface area (Å²) in [7, 11) is 0. The quantitative estimate of drug-likeness (QED) is 0.549. The molecule has 0 bridgehead atoms. The fraction of sp³-hybridized carbons (Fsp3) is 0.211. The largest absolute Gasteiger partial charge is 0.467 e. The summed E-state index contributed by atoms with van der Waals surface area (Å²) >= 11 is 0. The molecule has 1 N–H and O–H groups in total. The molecule has 0 saturated carbocycles. The summed E-state index contributed by atoms with van der Waals surface area (Å²) in [5.41, 5.74) is 1.01. The van der Waals surface area contributed by atoms with Crippen molar-refractivity contribution in [3.05, 3.63) is 66.5 Å². The van der Waals surface area contributed by atoms with Crippen molar-refractivity contribution >= 4 is 5.91 Å². The van der Waals surface area contributed by atoms with E-state index >= 15 is 0 Å². The van der Waals surface area contributed by atoms with E-state index in [2.05, 4.69) is 25.4 Å². The fourth-order valence-electron chi connectivity index (χ4n) is 2.49. The van der Waals surface area contributed by atoms with Gasteiger partial charge < -0.3 is 14.3 Å². The zero-order valence-corrected chi connectivity index (χ0v) is 15.4. The maximum atomic E-state index is 12.2. The number of amides is 1. The van der Waals surface area contributed by atoms with Crippen molar-refractivity contribution in [2.75, 3.05) is 0 Å². The van der Waals surface area contributed by atoms with E-state index in [4.69, 9.17) is 8.94 Å². The molecule has 0 unspecified atom stereocenters. The van der Waals surface area contributed by atoms with Crippen LogP contribution in [0, 0.1) is 0 Å². The number of carbonyl (C=O) groups excluding carboxylic acids is 1. The number of pyridine rings is 1. The van der Waals surface area contributed by atoms with Crippen LogP contribution < -0.4 is 5.32 Å². The van der Waals surface area contributed by atoms with E-state index in [-0.39, 0.29) is 17.5 Å². The number of hydrogen-bond donors (Lipinski definition) is 1. The van der Waals surface area contributed by atoms with Crippen LogP contribution in [0.2, 0.25) is 0 Å². The van der Waals surface area contributed by atoms with E-state index < -0.39 is 0 Å². The van der Waals surface area contributed by atoms with Crippen LogP contribution in [0.3, 0.4) is 0 Å². The SMILES string of the molecule is CC(C)c1noc(-c2ccc(-n3cnc(C(=O)NCc4ccco4)c3)nc2)n1. The molecule has 0 aliphatic rings. The normalized spacial score (nSPS) is 11.1. The molecule has 4 aromatic rings. The van der Waals surface area contributed by atoms with Crippen molar-refractivity contribution in [3.8, 4) is 17.3 Å². The molecule has 0 atom stereocenters. The zero-order valence-electron chi connectivity index (χ0n) is 15.4. The average Bonchev–Trinajstić information content (AvgIpc) is 3.48. The number of hydrogen-bond acceptors (Lipinski definition) is 7. The van der Waals surface area contributed by atoms with Crippen molar-refractivity contribution in [2.24, 2.45) is 0 Å². The maximum absolute atomic E-state index is 12.2. The number of furan rings is 1. The molecule has 0 aliphatic heterocycles. The van der Waals surface area contributed by atoms with Gasteiger partial charge in [0.05, 0.1) is 18.4 Å². The van der Waals surface area contributed by atoms with E-state index in [1.54, 1.807) is 41.4 Å². The van der Waals surface area contributed by atoms with E-state index in [0.29, 0.717) is 29.8 Å². The summed E-state index contributed by atoms with van der Waals surface area (Å²) in [6.07, 6.45) is 6.35. The van der Waals surface area contributed by atoms with E-state index in [1.807, 2.05) is 19.9 Å². The highest BCUT2D eigenvalue weighted by Gasteiger charge is 2.13. The molecule has 28 heavy (non-hydrogen) atoms. The Hall–Kier alpha value is -3.75. The standard InChI is InChI=1S/C19H18N6O3/c1-12(2)17-23-19(28-24-17)13-5-6-16(20-8-13)25-10-15(22-11-25)18(26)21-9-14-4-3-7-27-14/h3-8,10-12H,9H2,1-2H3,(H,21,26). The zero-order chi connectivity index (χ0) is 19.5. The molecule has 0 saturated heterocycles. The number of rotatable bonds is 6. The highest BCUT2D eigenvalue weighted by Crippen LogP contribution is 2.20. The van der Waals surface area contributed by atoms with E-state index in [0.717, 1.165) is 5.56 Å². The summed E-state index contributed by atoms with van der Waals surface area (Å²) in [6, 6.07) is 7.18. The summed E-state index contributed by atoms with van der Waals surface area (Å²) < 4.78 is 12.1. The predicted octanol–water partition coefficient (Wildman–Crippen LogP) is 2.96. The molecule has 0 fully saturated rings. The molecule has 1 amide bonds. The van der Waals surface area contributed by atoms with E-state index in [9.17, 15) is 4.79 Å². The minimum absolute atomic E-state index is 0.188. The molecule has 9 heteroatoms. The highest BCUT2D eigenvalue weighted by atomic mass is 16.5. The second-order valence-corrected chi connectivity index (χ2v) is 6.45. The van der Waals surface area contributed by atoms with Gasteiger partial charge in [0, 0.05) is 18.3 Å². The lowest BCUT2D eigenvalue weighted by Crippen LogP contribution is -2.22. The number of imidazole rings is 1. The Morgan fingerprint density at radius 3 is 2.82 bits per heavy atom. The van der Waals surface area contributed by atoms with Gasteiger partial charge in [-0.3, -0.25) is 9.36 Å². The first-order valence-corrected chi connectivity index (χ1v) is 8.75. The summed E-state index contributed by atoms with van der Waals surface area (Å²) in [6.45, 7) is 4.29. The molecule has 0 spiro atoms. The topological polar surface area (TPSA) is 112 Å². The fourth-order valence-corrected chi connectivity index (χ4v) is 2.49. The van der Waals surface area contributed by atoms with Crippen LogP contribution in [0.5, 0.6) is 0 Å². The molecule has 4 rings (SSSR count). The Morgan fingerprint density at radius 1 is 1.25 bits per heavy atom. The molecule has 142 valence electrons. The van der Waals surface area contributed by atoms with Gasteiger partial charge >= 0.3 is 0 Å². The highest BCUT2D eigenvalue weighted by molar-refractivity contribution is 5.92. The third-order valence-corrected chi connectivity index (χ3v) is 4.04. The first kappa shape index (κ1) is 17.7. The summed E-state index contributed by atoms with van der Waals surface area (Å²) in [5, 5.41) is 6.70. The lowest BCUT2D eigenvalue weighted by molar-refractivity contribution is 0.0943. The van der Waals surface area contributed by atoms with Crippen LogP contribution in [-0.4, -0.2) is 30.6 Å². The van der Waals surface area contributed by atoms with Crippen molar-refractivity contribution in [3.63, 3.8) is 0 Å². The van der Waals surface area contributed by atoms with Crippen LogP contribution in [-0.2, 0) is 6.54 Å². The number of nitrogens with one attached hydrogen (secondary N) is 1. The molecular formula is C19H18N6O3. The minimum atomic E-state index is -0.293. The second-order valence-electron chi connectivity index (χ2n) is 6.45. The third kappa shape index (κ3) is 3.68. The lowest BCUT2D eigenvalue weighted by Gasteiger charge is -2.02. The van der Waals surface area contributed by atoms with Crippen LogP contribution in [0.25, 0.3) is 17.3 Å². The first-order valence-electron chi connectivity index (χ1n) is 8.75. The Bertz CT molecular complexity index is 1060. The molecule has 9 nitrogen and oxygen atoms in total. The van der Waals surface area contributed by atoms with Gasteiger partial charge in [-0.1, -0.05) is 19.0 Å². The average molecular weight is 378 g/mol. The molecule has 0 radical (unpaired) electrons. The third-order valence-electron chi connectivity index (χ3n) is 4.04. The van der Waals surface area contributed by atoms with Gasteiger partial charge in [0.1, 0.15) is 23.6 Å². The van der Waals surface area contributed by atoms with Gasteiger partial charge in [-0.2, -0.15) is 4.98 Å². The number of nitrogens with zero attached hydrogens (tertiary/aromatic N) is 5. The number of aromatic nitrogens is 5. The predicted molar refractivity (Wildman–Crippen MR) is 98.6 cm³/mol. The van der Waals surface area contributed by atoms with Gasteiger partial charge in [0.2, 0.25) is 0 Å².